The topological polar surface area (TPSA) is 55.1 Å². The number of nitrogens with one attached hydrogen (secondary N) is 1. The van der Waals surface area contributed by atoms with E-state index in [4.69, 9.17) is 5.73 Å². The van der Waals surface area contributed by atoms with Crippen LogP contribution in [0.2, 0.25) is 0 Å². The highest BCUT2D eigenvalue weighted by molar-refractivity contribution is 5.76. The molecule has 3 nitrogen and oxygen atoms in total. The fourth-order valence-electron chi connectivity index (χ4n) is 1.95. The predicted octanol–water partition coefficient (Wildman–Crippen LogP) is 2.84. The van der Waals surface area contributed by atoms with E-state index in [1.165, 1.54) is 19.3 Å². The third kappa shape index (κ3) is 11.7. The molecule has 0 bridgehead atoms. The second-order valence-electron chi connectivity index (χ2n) is 6.14. The zero-order chi connectivity index (χ0) is 13.3. The lowest BCUT2D eigenvalue weighted by Gasteiger charge is -2.22. The molecule has 1 amide bonds. The maximum atomic E-state index is 11.6. The fourth-order valence-corrected chi connectivity index (χ4v) is 1.95. The van der Waals surface area contributed by atoms with Gasteiger partial charge in [-0.2, -0.15) is 0 Å². The summed E-state index contributed by atoms with van der Waals surface area (Å²) in [6, 6.07) is -0.0226. The minimum absolute atomic E-state index is 0.0226. The van der Waals surface area contributed by atoms with E-state index >= 15 is 0 Å². The van der Waals surface area contributed by atoms with Crippen LogP contribution in [0.4, 0.5) is 0 Å². The van der Waals surface area contributed by atoms with Crippen LogP contribution in [0.5, 0.6) is 0 Å². The Bertz CT molecular complexity index is 209. The first-order valence-corrected chi connectivity index (χ1v) is 6.87. The number of unbranched alkanes of at least 4 members (excludes halogenated alkanes) is 3. The molecule has 0 aromatic carbocycles. The molecule has 3 heteroatoms. The van der Waals surface area contributed by atoms with E-state index < -0.39 is 0 Å². The summed E-state index contributed by atoms with van der Waals surface area (Å²) in [5.41, 5.74) is 6.15. The highest BCUT2D eigenvalue weighted by atomic mass is 16.1. The Morgan fingerprint density at radius 1 is 1.24 bits per heavy atom. The van der Waals surface area contributed by atoms with Crippen molar-refractivity contribution in [2.75, 3.05) is 6.54 Å². The molecule has 0 spiro atoms. The zero-order valence-electron chi connectivity index (χ0n) is 12.0. The number of nitrogens with two attached hydrogens (primary N) is 1. The Morgan fingerprint density at radius 2 is 1.88 bits per heavy atom. The van der Waals surface area contributed by atoms with Crippen LogP contribution in [0.15, 0.2) is 0 Å². The molecule has 3 N–H and O–H groups in total. The van der Waals surface area contributed by atoms with Crippen LogP contribution in [-0.2, 0) is 4.79 Å². The monoisotopic (exact) mass is 242 g/mol. The SMILES string of the molecule is CCCCCCNC(=O)CC(N)CC(C)(C)C. The summed E-state index contributed by atoms with van der Waals surface area (Å²) < 4.78 is 0. The van der Waals surface area contributed by atoms with Crippen molar-refractivity contribution in [2.45, 2.75) is 72.3 Å². The molecule has 0 aliphatic heterocycles. The maximum Gasteiger partial charge on any atom is 0.221 e. The van der Waals surface area contributed by atoms with E-state index in [1.807, 2.05) is 0 Å². The van der Waals surface area contributed by atoms with Gasteiger partial charge in [0.05, 0.1) is 0 Å². The van der Waals surface area contributed by atoms with Crippen molar-refractivity contribution in [1.29, 1.82) is 0 Å². The summed E-state index contributed by atoms with van der Waals surface area (Å²) in [6.45, 7) is 9.42. The quantitative estimate of drug-likeness (QED) is 0.643. The highest BCUT2D eigenvalue weighted by Crippen LogP contribution is 2.20. The Labute approximate surface area is 107 Å². The molecule has 0 aromatic heterocycles. The predicted molar refractivity (Wildman–Crippen MR) is 73.8 cm³/mol. The van der Waals surface area contributed by atoms with Gasteiger partial charge in [0.2, 0.25) is 5.91 Å². The molecule has 0 aliphatic rings. The normalized spacial score (nSPS) is 13.5. The highest BCUT2D eigenvalue weighted by Gasteiger charge is 2.17. The first-order chi connectivity index (χ1) is 7.85. The van der Waals surface area contributed by atoms with Gasteiger partial charge in [0.25, 0.3) is 0 Å². The Morgan fingerprint density at radius 3 is 2.41 bits per heavy atom. The van der Waals surface area contributed by atoms with Crippen LogP contribution >= 0.6 is 0 Å². The van der Waals surface area contributed by atoms with Gasteiger partial charge in [0, 0.05) is 19.0 Å². The second kappa shape index (κ2) is 8.51. The van der Waals surface area contributed by atoms with Crippen LogP contribution in [0.3, 0.4) is 0 Å². The molecule has 1 unspecified atom stereocenters. The first kappa shape index (κ1) is 16.4. The number of amides is 1. The smallest absolute Gasteiger partial charge is 0.221 e. The Balaban J connectivity index is 3.58. The van der Waals surface area contributed by atoms with Crippen LogP contribution < -0.4 is 11.1 Å². The molecule has 17 heavy (non-hydrogen) atoms. The van der Waals surface area contributed by atoms with Crippen LogP contribution in [0.1, 0.15) is 66.2 Å². The van der Waals surface area contributed by atoms with Gasteiger partial charge in [0.1, 0.15) is 0 Å². The van der Waals surface area contributed by atoms with Gasteiger partial charge in [-0.1, -0.05) is 47.0 Å². The summed E-state index contributed by atoms with van der Waals surface area (Å²) in [7, 11) is 0. The van der Waals surface area contributed by atoms with E-state index in [2.05, 4.69) is 33.0 Å². The number of hydrogen-bond acceptors (Lipinski definition) is 2. The molecule has 0 saturated carbocycles. The molecule has 0 heterocycles. The summed E-state index contributed by atoms with van der Waals surface area (Å²) in [4.78, 5) is 11.6. The third-order valence-electron chi connectivity index (χ3n) is 2.67. The molecule has 0 aliphatic carbocycles. The summed E-state index contributed by atoms with van der Waals surface area (Å²) >= 11 is 0. The Hall–Kier alpha value is -0.570. The molecule has 0 saturated heterocycles. The molecule has 0 aromatic rings. The molecule has 0 radical (unpaired) electrons. The van der Waals surface area contributed by atoms with Gasteiger partial charge in [-0.3, -0.25) is 4.79 Å². The molecular weight excluding hydrogens is 212 g/mol. The Kier molecular flexibility index (Phi) is 8.23. The van der Waals surface area contributed by atoms with Gasteiger partial charge < -0.3 is 11.1 Å². The first-order valence-electron chi connectivity index (χ1n) is 6.87. The van der Waals surface area contributed by atoms with Crippen LogP contribution in [0, 0.1) is 5.41 Å². The van der Waals surface area contributed by atoms with Crippen LogP contribution in [0.25, 0.3) is 0 Å². The average molecular weight is 242 g/mol. The molecule has 0 rings (SSSR count). The number of rotatable bonds is 8. The minimum atomic E-state index is -0.0226. The van der Waals surface area contributed by atoms with Crippen molar-refractivity contribution in [3.8, 4) is 0 Å². The van der Waals surface area contributed by atoms with Gasteiger partial charge in [-0.25, -0.2) is 0 Å². The third-order valence-corrected chi connectivity index (χ3v) is 2.67. The van der Waals surface area contributed by atoms with E-state index in [-0.39, 0.29) is 17.4 Å². The lowest BCUT2D eigenvalue weighted by molar-refractivity contribution is -0.121. The van der Waals surface area contributed by atoms with Crippen molar-refractivity contribution >= 4 is 5.91 Å². The maximum absolute atomic E-state index is 11.6. The number of hydrogen-bond donors (Lipinski definition) is 2. The average Bonchev–Trinajstić information content (AvgIpc) is 2.14. The van der Waals surface area contributed by atoms with E-state index in [9.17, 15) is 4.79 Å². The van der Waals surface area contributed by atoms with Crippen molar-refractivity contribution in [1.82, 2.24) is 5.32 Å². The summed E-state index contributed by atoms with van der Waals surface area (Å²) in [6.07, 6.45) is 6.09. The summed E-state index contributed by atoms with van der Waals surface area (Å²) in [5, 5.41) is 2.94. The lowest BCUT2D eigenvalue weighted by Crippen LogP contribution is -2.34. The number of carbonyl (C=O) groups is 1. The van der Waals surface area contributed by atoms with E-state index in [1.54, 1.807) is 0 Å². The van der Waals surface area contributed by atoms with Crippen molar-refractivity contribution in [2.24, 2.45) is 11.1 Å². The second-order valence-corrected chi connectivity index (χ2v) is 6.14. The van der Waals surface area contributed by atoms with E-state index in [0.717, 1.165) is 19.4 Å². The molecule has 102 valence electrons. The minimum Gasteiger partial charge on any atom is -0.356 e. The van der Waals surface area contributed by atoms with Crippen LogP contribution in [-0.4, -0.2) is 18.5 Å². The van der Waals surface area contributed by atoms with Crippen molar-refractivity contribution in [3.05, 3.63) is 0 Å². The fraction of sp³-hybridized carbons (Fsp3) is 0.929. The largest absolute Gasteiger partial charge is 0.356 e. The standard InChI is InChI=1S/C14H30N2O/c1-5-6-7-8-9-16-13(17)10-12(15)11-14(2,3)4/h12H,5-11,15H2,1-4H3,(H,16,17). The van der Waals surface area contributed by atoms with Crippen molar-refractivity contribution in [3.63, 3.8) is 0 Å². The zero-order valence-corrected chi connectivity index (χ0v) is 12.0. The van der Waals surface area contributed by atoms with Gasteiger partial charge >= 0.3 is 0 Å². The molecule has 0 fully saturated rings. The summed E-state index contributed by atoms with van der Waals surface area (Å²) in [5.74, 6) is 0.0956. The van der Waals surface area contributed by atoms with Crippen molar-refractivity contribution < 1.29 is 4.79 Å². The lowest BCUT2D eigenvalue weighted by atomic mass is 9.87. The molecule has 1 atom stereocenters. The van der Waals surface area contributed by atoms with Gasteiger partial charge in [-0.15, -0.1) is 0 Å². The van der Waals surface area contributed by atoms with Gasteiger partial charge in [0.15, 0.2) is 0 Å². The molecular formula is C14H30N2O. The van der Waals surface area contributed by atoms with E-state index in [0.29, 0.717) is 6.42 Å². The number of carbonyl (C=O) groups excluding carboxylic acids is 1. The van der Waals surface area contributed by atoms with Gasteiger partial charge in [-0.05, 0) is 18.3 Å².